The normalized spacial score (nSPS) is 11.2. The van der Waals surface area contributed by atoms with E-state index in [-0.39, 0.29) is 22.5 Å². The van der Waals surface area contributed by atoms with Gasteiger partial charge in [-0.25, -0.2) is 15.0 Å². The van der Waals surface area contributed by atoms with Crippen molar-refractivity contribution in [2.45, 2.75) is 13.1 Å². The van der Waals surface area contributed by atoms with Crippen molar-refractivity contribution in [3.63, 3.8) is 0 Å². The fourth-order valence-electron chi connectivity index (χ4n) is 2.69. The number of nitrogens with zero attached hydrogens (tertiary/aromatic N) is 5. The molecule has 30 heavy (non-hydrogen) atoms. The van der Waals surface area contributed by atoms with E-state index in [0.29, 0.717) is 24.5 Å². The number of hydrogen-bond donors (Lipinski definition) is 1. The Morgan fingerprint density at radius 2 is 1.87 bits per heavy atom. The Bertz CT molecular complexity index is 1070. The molecule has 0 fully saturated rings. The van der Waals surface area contributed by atoms with Gasteiger partial charge in [-0.2, -0.15) is 13.2 Å². The molecule has 8 nitrogen and oxygen atoms in total. The summed E-state index contributed by atoms with van der Waals surface area (Å²) in [5.41, 5.74) is -0.850. The lowest BCUT2D eigenvalue weighted by molar-refractivity contribution is -0.383. The molecule has 3 aromatic rings. The van der Waals surface area contributed by atoms with Crippen molar-refractivity contribution >= 4 is 40.4 Å². The highest BCUT2D eigenvalue weighted by Gasteiger charge is 2.32. The van der Waals surface area contributed by atoms with Crippen molar-refractivity contribution in [1.29, 1.82) is 0 Å². The van der Waals surface area contributed by atoms with E-state index >= 15 is 0 Å². The summed E-state index contributed by atoms with van der Waals surface area (Å²) in [4.78, 5) is 24.3. The highest BCUT2D eigenvalue weighted by molar-refractivity contribution is 6.33. The molecule has 0 aliphatic rings. The lowest BCUT2D eigenvalue weighted by Gasteiger charge is -2.22. The first-order chi connectivity index (χ1) is 14.2. The molecular formula is C18H14ClF3N6O2. The molecule has 0 amide bonds. The lowest BCUT2D eigenvalue weighted by atomic mass is 10.2. The summed E-state index contributed by atoms with van der Waals surface area (Å²) in [5.74, 6) is -0.456. The molecule has 0 spiro atoms. The van der Waals surface area contributed by atoms with Crippen molar-refractivity contribution in [3.8, 4) is 0 Å². The Hall–Kier alpha value is -3.47. The van der Waals surface area contributed by atoms with Crippen LogP contribution < -0.4 is 10.2 Å². The number of benzene rings is 1. The predicted octanol–water partition coefficient (Wildman–Crippen LogP) is 5.35. The van der Waals surface area contributed by atoms with Crippen LogP contribution in [-0.2, 0) is 6.18 Å². The van der Waals surface area contributed by atoms with Crippen molar-refractivity contribution in [2.24, 2.45) is 0 Å². The van der Waals surface area contributed by atoms with Gasteiger partial charge in [0, 0.05) is 18.4 Å². The predicted molar refractivity (Wildman–Crippen MR) is 105 cm³/mol. The maximum atomic E-state index is 12.8. The zero-order valence-electron chi connectivity index (χ0n) is 15.4. The molecule has 0 radical (unpaired) electrons. The molecule has 1 N–H and O–H groups in total. The van der Waals surface area contributed by atoms with Gasteiger partial charge in [0.05, 0.1) is 15.5 Å². The third-order valence-corrected chi connectivity index (χ3v) is 4.32. The molecule has 0 aliphatic heterocycles. The minimum Gasteiger partial charge on any atom is -0.321 e. The number of rotatable bonds is 6. The molecule has 0 aliphatic carbocycles. The van der Waals surface area contributed by atoms with Gasteiger partial charge < -0.3 is 10.2 Å². The number of nitro groups is 1. The van der Waals surface area contributed by atoms with Crippen molar-refractivity contribution in [2.75, 3.05) is 16.8 Å². The second kappa shape index (κ2) is 8.49. The third kappa shape index (κ3) is 4.40. The fraction of sp³-hybridized carbons (Fsp3) is 0.167. The first-order valence-corrected chi connectivity index (χ1v) is 8.92. The SMILES string of the molecule is CCN(c1ccccc1)c1ncnc(Nc2ncc(C(F)(F)F)cc2Cl)c1[N+](=O)[O-]. The van der Waals surface area contributed by atoms with Gasteiger partial charge in [0.25, 0.3) is 0 Å². The molecule has 0 atom stereocenters. The zero-order valence-corrected chi connectivity index (χ0v) is 16.1. The Balaban J connectivity index is 2.05. The minimum atomic E-state index is -4.62. The molecular weight excluding hydrogens is 425 g/mol. The highest BCUT2D eigenvalue weighted by Crippen LogP contribution is 2.38. The Labute approximate surface area is 173 Å². The lowest BCUT2D eigenvalue weighted by Crippen LogP contribution is -2.19. The largest absolute Gasteiger partial charge is 0.417 e. The van der Waals surface area contributed by atoms with Crippen LogP contribution in [0.1, 0.15) is 12.5 Å². The van der Waals surface area contributed by atoms with Crippen molar-refractivity contribution in [3.05, 3.63) is 69.6 Å². The Morgan fingerprint density at radius 1 is 1.17 bits per heavy atom. The van der Waals surface area contributed by atoms with Gasteiger partial charge in [-0.1, -0.05) is 29.8 Å². The van der Waals surface area contributed by atoms with Gasteiger partial charge in [-0.3, -0.25) is 10.1 Å². The molecule has 12 heteroatoms. The van der Waals surface area contributed by atoms with E-state index in [1.807, 2.05) is 0 Å². The maximum Gasteiger partial charge on any atom is 0.417 e. The Kier molecular flexibility index (Phi) is 6.01. The molecule has 2 heterocycles. The summed E-state index contributed by atoms with van der Waals surface area (Å²) in [7, 11) is 0. The van der Waals surface area contributed by atoms with E-state index in [9.17, 15) is 23.3 Å². The summed E-state index contributed by atoms with van der Waals surface area (Å²) in [6.45, 7) is 2.15. The van der Waals surface area contributed by atoms with Crippen LogP contribution in [-0.4, -0.2) is 26.4 Å². The maximum absolute atomic E-state index is 12.8. The molecule has 0 bridgehead atoms. The van der Waals surface area contributed by atoms with Gasteiger partial charge in [0.2, 0.25) is 11.6 Å². The number of hydrogen-bond acceptors (Lipinski definition) is 7. The van der Waals surface area contributed by atoms with Crippen LogP contribution in [0.2, 0.25) is 5.02 Å². The molecule has 1 aromatic carbocycles. The number of anilines is 4. The van der Waals surface area contributed by atoms with Crippen molar-refractivity contribution in [1.82, 2.24) is 15.0 Å². The number of alkyl halides is 3. The van der Waals surface area contributed by atoms with Crippen LogP contribution in [0.4, 0.5) is 42.0 Å². The van der Waals surface area contributed by atoms with E-state index in [0.717, 1.165) is 6.33 Å². The average Bonchev–Trinajstić information content (AvgIpc) is 2.70. The summed E-state index contributed by atoms with van der Waals surface area (Å²) in [6, 6.07) is 9.55. The smallest absolute Gasteiger partial charge is 0.321 e. The minimum absolute atomic E-state index is 0.00855. The van der Waals surface area contributed by atoms with Gasteiger partial charge in [0.15, 0.2) is 5.82 Å². The summed E-state index contributed by atoms with van der Waals surface area (Å²) in [5, 5.41) is 14.0. The van der Waals surface area contributed by atoms with Crippen LogP contribution in [0.25, 0.3) is 0 Å². The quantitative estimate of drug-likeness (QED) is 0.409. The number of halogens is 4. The van der Waals surface area contributed by atoms with Crippen LogP contribution in [0.15, 0.2) is 48.9 Å². The third-order valence-electron chi connectivity index (χ3n) is 4.03. The standard InChI is InChI=1S/C18H14ClF3N6O2/c1-2-27(12-6-4-3-5-7-12)17-14(28(29)30)16(24-10-25-17)26-15-13(19)8-11(9-23-15)18(20,21)22/h3-10H,2H2,1H3,(H,23,24,25,26). The fourth-order valence-corrected chi connectivity index (χ4v) is 2.90. The average molecular weight is 439 g/mol. The molecule has 0 unspecified atom stereocenters. The molecule has 156 valence electrons. The van der Waals surface area contributed by atoms with Gasteiger partial charge >= 0.3 is 11.9 Å². The number of aromatic nitrogens is 3. The number of nitrogens with one attached hydrogen (secondary N) is 1. The topological polar surface area (TPSA) is 97.1 Å². The van der Waals surface area contributed by atoms with Crippen molar-refractivity contribution < 1.29 is 18.1 Å². The van der Waals surface area contributed by atoms with E-state index in [1.165, 1.54) is 0 Å². The van der Waals surface area contributed by atoms with Gasteiger partial charge in [-0.05, 0) is 25.1 Å². The van der Waals surface area contributed by atoms with Crippen LogP contribution in [0.3, 0.4) is 0 Å². The number of para-hydroxylation sites is 1. The van der Waals surface area contributed by atoms with Crippen LogP contribution in [0.5, 0.6) is 0 Å². The first-order valence-electron chi connectivity index (χ1n) is 8.54. The van der Waals surface area contributed by atoms with E-state index in [4.69, 9.17) is 11.6 Å². The van der Waals surface area contributed by atoms with Crippen LogP contribution >= 0.6 is 11.6 Å². The van der Waals surface area contributed by atoms with Crippen LogP contribution in [0, 0.1) is 10.1 Å². The molecule has 3 rings (SSSR count). The van der Waals surface area contributed by atoms with Gasteiger partial charge in [0.1, 0.15) is 6.33 Å². The zero-order chi connectivity index (χ0) is 21.9. The molecule has 2 aromatic heterocycles. The summed E-state index contributed by atoms with van der Waals surface area (Å²) in [6.07, 6.45) is -2.95. The van der Waals surface area contributed by atoms with E-state index in [2.05, 4.69) is 20.3 Å². The molecule has 0 saturated heterocycles. The summed E-state index contributed by atoms with van der Waals surface area (Å²) < 4.78 is 38.4. The first kappa shape index (κ1) is 21.2. The Morgan fingerprint density at radius 3 is 2.43 bits per heavy atom. The summed E-state index contributed by atoms with van der Waals surface area (Å²) >= 11 is 5.89. The highest BCUT2D eigenvalue weighted by atomic mass is 35.5. The second-order valence-electron chi connectivity index (χ2n) is 5.91. The number of pyridine rings is 1. The van der Waals surface area contributed by atoms with E-state index in [1.54, 1.807) is 42.2 Å². The van der Waals surface area contributed by atoms with E-state index < -0.39 is 22.4 Å². The van der Waals surface area contributed by atoms with Gasteiger partial charge in [-0.15, -0.1) is 0 Å². The molecule has 0 saturated carbocycles. The monoisotopic (exact) mass is 438 g/mol. The second-order valence-corrected chi connectivity index (χ2v) is 6.32.